The minimum Gasteiger partial charge on any atom is -0.450 e. The second kappa shape index (κ2) is 11.5. The number of amides is 2. The van der Waals surface area contributed by atoms with Crippen LogP contribution in [0.15, 0.2) is 10.1 Å². The molecule has 11 heteroatoms. The molecule has 9 nitrogen and oxygen atoms in total. The van der Waals surface area contributed by atoms with Gasteiger partial charge in [-0.3, -0.25) is 9.48 Å². The van der Waals surface area contributed by atoms with Gasteiger partial charge >= 0.3 is 6.09 Å². The molecular formula is C23H35BrN6O3S. The van der Waals surface area contributed by atoms with Crippen molar-refractivity contribution >= 4 is 50.8 Å². The molecule has 2 amide bonds. The standard InChI is InChI=1S/C23H35BrN6O3S/c1-6-7-12-33-22(32)25-13-15-8-10-30(11-9-15)20-16(14-26-29(20)5)27-19(31)17-18(23(2,3)4)34-21(24)28-17/h14-15H,6-13H2,1-5H3,(H,25,32)(H,27,31). The minimum atomic E-state index is -0.337. The maximum atomic E-state index is 13.1. The quantitative estimate of drug-likeness (QED) is 0.448. The molecule has 0 bridgehead atoms. The Morgan fingerprint density at radius 3 is 2.65 bits per heavy atom. The zero-order chi connectivity index (χ0) is 24.9. The van der Waals surface area contributed by atoms with Crippen molar-refractivity contribution in [3.8, 4) is 0 Å². The fraction of sp³-hybridized carbons (Fsp3) is 0.652. The summed E-state index contributed by atoms with van der Waals surface area (Å²) >= 11 is 4.91. The first-order valence-electron chi connectivity index (χ1n) is 11.8. The van der Waals surface area contributed by atoms with E-state index >= 15 is 0 Å². The lowest BCUT2D eigenvalue weighted by molar-refractivity contribution is 0.102. The van der Waals surface area contributed by atoms with E-state index < -0.39 is 0 Å². The highest BCUT2D eigenvalue weighted by Crippen LogP contribution is 2.35. The van der Waals surface area contributed by atoms with Crippen LogP contribution in [0.4, 0.5) is 16.3 Å². The molecule has 2 aromatic heterocycles. The normalized spacial score (nSPS) is 14.8. The van der Waals surface area contributed by atoms with Gasteiger partial charge in [0.05, 0.1) is 12.8 Å². The van der Waals surface area contributed by atoms with Gasteiger partial charge in [-0.1, -0.05) is 34.1 Å². The topological polar surface area (TPSA) is 101 Å². The second-order valence-corrected chi connectivity index (χ2v) is 11.9. The molecular weight excluding hydrogens is 520 g/mol. The van der Waals surface area contributed by atoms with Crippen molar-refractivity contribution in [2.24, 2.45) is 13.0 Å². The summed E-state index contributed by atoms with van der Waals surface area (Å²) in [6.45, 7) is 11.0. The van der Waals surface area contributed by atoms with Crippen molar-refractivity contribution in [1.29, 1.82) is 0 Å². The summed E-state index contributed by atoms with van der Waals surface area (Å²) < 4.78 is 7.66. The van der Waals surface area contributed by atoms with E-state index in [0.29, 0.717) is 34.4 Å². The third kappa shape index (κ3) is 6.71. The Balaban J connectivity index is 1.60. The molecule has 0 atom stereocenters. The van der Waals surface area contributed by atoms with Gasteiger partial charge in [-0.25, -0.2) is 9.78 Å². The van der Waals surface area contributed by atoms with E-state index in [1.54, 1.807) is 10.9 Å². The van der Waals surface area contributed by atoms with Crippen LogP contribution in [0.1, 0.15) is 68.7 Å². The average Bonchev–Trinajstić information content (AvgIpc) is 3.35. The number of carbonyl (C=O) groups excluding carboxylic acids is 2. The number of ether oxygens (including phenoxy) is 1. The lowest BCUT2D eigenvalue weighted by atomic mass is 9.93. The number of hydrogen-bond acceptors (Lipinski definition) is 7. The van der Waals surface area contributed by atoms with Crippen LogP contribution < -0.4 is 15.5 Å². The van der Waals surface area contributed by atoms with Gasteiger partial charge in [0, 0.05) is 31.6 Å². The van der Waals surface area contributed by atoms with Gasteiger partial charge in [-0.05, 0) is 46.5 Å². The molecule has 188 valence electrons. The molecule has 0 unspecified atom stereocenters. The van der Waals surface area contributed by atoms with Crippen molar-refractivity contribution in [2.45, 2.75) is 58.8 Å². The summed E-state index contributed by atoms with van der Waals surface area (Å²) in [5, 5.41) is 10.3. The number of unbranched alkanes of at least 4 members (excludes halogenated alkanes) is 1. The predicted octanol–water partition coefficient (Wildman–Crippen LogP) is 4.93. The molecule has 1 aliphatic rings. The highest BCUT2D eigenvalue weighted by atomic mass is 79.9. The number of aryl methyl sites for hydroxylation is 1. The van der Waals surface area contributed by atoms with Crippen molar-refractivity contribution in [1.82, 2.24) is 20.1 Å². The lowest BCUT2D eigenvalue weighted by Crippen LogP contribution is -2.39. The molecule has 2 N–H and O–H groups in total. The summed E-state index contributed by atoms with van der Waals surface area (Å²) in [6, 6.07) is 0. The van der Waals surface area contributed by atoms with Crippen molar-refractivity contribution in [2.75, 3.05) is 36.5 Å². The Kier molecular flexibility index (Phi) is 8.97. The number of rotatable bonds is 8. The Labute approximate surface area is 213 Å². The molecule has 2 aromatic rings. The Bertz CT molecular complexity index is 991. The fourth-order valence-corrected chi connectivity index (χ4v) is 5.48. The van der Waals surface area contributed by atoms with Gasteiger partial charge < -0.3 is 20.3 Å². The summed E-state index contributed by atoms with van der Waals surface area (Å²) in [4.78, 5) is 32.5. The zero-order valence-corrected chi connectivity index (χ0v) is 23.0. The average molecular weight is 556 g/mol. The SMILES string of the molecule is CCCCOC(=O)NCC1CCN(c2c(NC(=O)c3nc(Br)sc3C(C)(C)C)cnn2C)CC1. The molecule has 0 spiro atoms. The van der Waals surface area contributed by atoms with E-state index in [0.717, 1.165) is 49.5 Å². The van der Waals surface area contributed by atoms with Crippen LogP contribution in [-0.2, 0) is 17.2 Å². The van der Waals surface area contributed by atoms with Crippen LogP contribution >= 0.6 is 27.3 Å². The van der Waals surface area contributed by atoms with E-state index in [9.17, 15) is 9.59 Å². The number of nitrogens with zero attached hydrogens (tertiary/aromatic N) is 4. The maximum Gasteiger partial charge on any atom is 0.407 e. The van der Waals surface area contributed by atoms with Gasteiger partial charge in [-0.15, -0.1) is 11.3 Å². The summed E-state index contributed by atoms with van der Waals surface area (Å²) in [5.74, 6) is 1.04. The summed E-state index contributed by atoms with van der Waals surface area (Å²) in [6.07, 6.45) is 5.09. The predicted molar refractivity (Wildman–Crippen MR) is 139 cm³/mol. The number of hydrogen-bond donors (Lipinski definition) is 2. The first kappa shape index (κ1) is 26.5. The number of thiazole rings is 1. The number of carbonyl (C=O) groups is 2. The van der Waals surface area contributed by atoms with Gasteiger partial charge in [0.1, 0.15) is 11.4 Å². The van der Waals surface area contributed by atoms with Gasteiger partial charge in [0.25, 0.3) is 5.91 Å². The zero-order valence-electron chi connectivity index (χ0n) is 20.6. The summed E-state index contributed by atoms with van der Waals surface area (Å²) in [5.41, 5.74) is 0.925. The minimum absolute atomic E-state index is 0.188. The number of halogens is 1. The second-order valence-electron chi connectivity index (χ2n) is 9.65. The van der Waals surface area contributed by atoms with E-state index in [1.165, 1.54) is 11.3 Å². The van der Waals surface area contributed by atoms with Gasteiger partial charge in [0.15, 0.2) is 9.73 Å². The van der Waals surface area contributed by atoms with Crippen LogP contribution in [-0.4, -0.2) is 53.0 Å². The Hall–Kier alpha value is -2.14. The van der Waals surface area contributed by atoms with Crippen LogP contribution in [0.5, 0.6) is 0 Å². The van der Waals surface area contributed by atoms with Crippen molar-refractivity contribution < 1.29 is 14.3 Å². The van der Waals surface area contributed by atoms with Crippen LogP contribution in [0.25, 0.3) is 0 Å². The van der Waals surface area contributed by atoms with Crippen LogP contribution in [0.2, 0.25) is 0 Å². The highest BCUT2D eigenvalue weighted by Gasteiger charge is 2.29. The van der Waals surface area contributed by atoms with Crippen molar-refractivity contribution in [3.05, 3.63) is 20.7 Å². The van der Waals surface area contributed by atoms with E-state index in [4.69, 9.17) is 4.74 Å². The molecule has 34 heavy (non-hydrogen) atoms. The number of piperidine rings is 1. The smallest absolute Gasteiger partial charge is 0.407 e. The van der Waals surface area contributed by atoms with Crippen LogP contribution in [0, 0.1) is 5.92 Å². The van der Waals surface area contributed by atoms with Crippen molar-refractivity contribution in [3.63, 3.8) is 0 Å². The first-order chi connectivity index (χ1) is 16.1. The molecule has 3 rings (SSSR count). The lowest BCUT2D eigenvalue weighted by Gasteiger charge is -2.34. The van der Waals surface area contributed by atoms with E-state index in [-0.39, 0.29) is 17.4 Å². The molecule has 1 aliphatic heterocycles. The van der Waals surface area contributed by atoms with Crippen LogP contribution in [0.3, 0.4) is 0 Å². The Morgan fingerprint density at radius 1 is 1.29 bits per heavy atom. The molecule has 0 radical (unpaired) electrons. The molecule has 0 aliphatic carbocycles. The van der Waals surface area contributed by atoms with E-state index in [1.807, 2.05) is 7.05 Å². The Morgan fingerprint density at radius 2 is 2.00 bits per heavy atom. The molecule has 1 fully saturated rings. The highest BCUT2D eigenvalue weighted by molar-refractivity contribution is 9.11. The van der Waals surface area contributed by atoms with E-state index in [2.05, 4.69) is 69.2 Å². The third-order valence-corrected chi connectivity index (χ3v) is 7.77. The third-order valence-electron chi connectivity index (χ3n) is 5.83. The molecule has 1 saturated heterocycles. The fourth-order valence-electron chi connectivity index (χ4n) is 3.97. The van der Waals surface area contributed by atoms with Gasteiger partial charge in [0.2, 0.25) is 0 Å². The number of nitrogens with one attached hydrogen (secondary N) is 2. The number of aromatic nitrogens is 3. The van der Waals surface area contributed by atoms with Gasteiger partial charge in [-0.2, -0.15) is 5.10 Å². The number of anilines is 2. The molecule has 0 aromatic carbocycles. The summed E-state index contributed by atoms with van der Waals surface area (Å²) in [7, 11) is 1.88. The monoisotopic (exact) mass is 554 g/mol. The largest absolute Gasteiger partial charge is 0.450 e. The first-order valence-corrected chi connectivity index (χ1v) is 13.4. The molecule has 0 saturated carbocycles. The molecule has 3 heterocycles. The number of alkyl carbamates (subject to hydrolysis) is 1. The maximum absolute atomic E-state index is 13.1.